The maximum absolute atomic E-state index is 4.10. The Morgan fingerprint density at radius 2 is 2.36 bits per heavy atom. The van der Waals surface area contributed by atoms with E-state index in [9.17, 15) is 0 Å². The van der Waals surface area contributed by atoms with E-state index in [-0.39, 0.29) is 0 Å². The number of anilines is 1. The van der Waals surface area contributed by atoms with Gasteiger partial charge in [0.25, 0.3) is 0 Å². The van der Waals surface area contributed by atoms with Crippen molar-refractivity contribution in [3.63, 3.8) is 0 Å². The molecule has 0 fully saturated rings. The topological polar surface area (TPSA) is 53.6 Å². The molecule has 0 bridgehead atoms. The molecule has 0 atom stereocenters. The summed E-state index contributed by atoms with van der Waals surface area (Å²) >= 11 is 0. The number of hydrogen-bond acceptors (Lipinski definition) is 3. The average molecular weight is 188 g/mol. The van der Waals surface area contributed by atoms with Gasteiger partial charge in [0.15, 0.2) is 0 Å². The summed E-state index contributed by atoms with van der Waals surface area (Å²) in [7, 11) is 0. The van der Waals surface area contributed by atoms with Gasteiger partial charge in [0.2, 0.25) is 0 Å². The number of nitrogens with zero attached hydrogens (tertiary/aromatic N) is 2. The third-order valence-corrected chi connectivity index (χ3v) is 1.93. The summed E-state index contributed by atoms with van der Waals surface area (Å²) in [5.74, 6) is 0.854. The first-order chi connectivity index (χ1) is 6.84. The smallest absolute Gasteiger partial charge is 0.129 e. The Morgan fingerprint density at radius 1 is 1.43 bits per heavy atom. The third-order valence-electron chi connectivity index (χ3n) is 1.93. The normalized spacial score (nSPS) is 10.1. The predicted octanol–water partition coefficient (Wildman–Crippen LogP) is 1.73. The molecule has 2 aromatic rings. The first kappa shape index (κ1) is 8.74. The highest BCUT2D eigenvalue weighted by Gasteiger charge is 1.95. The van der Waals surface area contributed by atoms with Gasteiger partial charge in [-0.05, 0) is 19.1 Å². The second kappa shape index (κ2) is 3.91. The average Bonchev–Trinajstić information content (AvgIpc) is 2.67. The summed E-state index contributed by atoms with van der Waals surface area (Å²) < 4.78 is 0. The fraction of sp³-hybridized carbons (Fsp3) is 0.200. The molecule has 2 aromatic heterocycles. The van der Waals surface area contributed by atoms with Gasteiger partial charge in [0.1, 0.15) is 12.1 Å². The zero-order valence-corrected chi connectivity index (χ0v) is 7.99. The quantitative estimate of drug-likeness (QED) is 0.771. The Balaban J connectivity index is 1.98. The van der Waals surface area contributed by atoms with Gasteiger partial charge in [-0.25, -0.2) is 9.97 Å². The standard InChI is InChI=1S/C10H12N4/c1-8-5-10(14-7-13-8)12-6-9-3-2-4-11-9/h2-5,7,11H,6H2,1H3,(H,12,13,14). The van der Waals surface area contributed by atoms with E-state index in [4.69, 9.17) is 0 Å². The highest BCUT2D eigenvalue weighted by molar-refractivity contribution is 5.34. The Morgan fingerprint density at radius 3 is 3.07 bits per heavy atom. The maximum atomic E-state index is 4.10. The molecule has 0 radical (unpaired) electrons. The summed E-state index contributed by atoms with van der Waals surface area (Å²) in [6, 6.07) is 5.92. The van der Waals surface area contributed by atoms with Gasteiger partial charge >= 0.3 is 0 Å². The van der Waals surface area contributed by atoms with E-state index in [1.807, 2.05) is 31.3 Å². The highest BCUT2D eigenvalue weighted by Crippen LogP contribution is 2.04. The summed E-state index contributed by atoms with van der Waals surface area (Å²) in [6.45, 7) is 2.70. The van der Waals surface area contributed by atoms with Crippen molar-refractivity contribution >= 4 is 5.82 Å². The van der Waals surface area contributed by atoms with Crippen molar-refractivity contribution < 1.29 is 0 Å². The molecular formula is C10H12N4. The van der Waals surface area contributed by atoms with Crippen molar-refractivity contribution in [2.24, 2.45) is 0 Å². The highest BCUT2D eigenvalue weighted by atomic mass is 15.0. The fourth-order valence-corrected chi connectivity index (χ4v) is 1.21. The maximum Gasteiger partial charge on any atom is 0.129 e. The zero-order chi connectivity index (χ0) is 9.80. The second-order valence-corrected chi connectivity index (χ2v) is 3.09. The van der Waals surface area contributed by atoms with Crippen LogP contribution in [0.1, 0.15) is 11.4 Å². The molecule has 72 valence electrons. The summed E-state index contributed by atoms with van der Waals surface area (Å²) in [6.07, 6.45) is 3.47. The minimum Gasteiger partial charge on any atom is -0.364 e. The third kappa shape index (κ3) is 2.10. The SMILES string of the molecule is Cc1cc(NCc2ccc[nH]2)ncn1. The van der Waals surface area contributed by atoms with E-state index in [1.165, 1.54) is 0 Å². The fourth-order valence-electron chi connectivity index (χ4n) is 1.21. The van der Waals surface area contributed by atoms with Crippen molar-refractivity contribution in [2.45, 2.75) is 13.5 Å². The van der Waals surface area contributed by atoms with Gasteiger partial charge in [-0.15, -0.1) is 0 Å². The molecular weight excluding hydrogens is 176 g/mol. The van der Waals surface area contributed by atoms with Crippen LogP contribution in [0.15, 0.2) is 30.7 Å². The van der Waals surface area contributed by atoms with E-state index in [1.54, 1.807) is 6.33 Å². The minimum atomic E-state index is 0.753. The molecule has 0 unspecified atom stereocenters. The van der Waals surface area contributed by atoms with E-state index in [0.29, 0.717) is 0 Å². The molecule has 4 nitrogen and oxygen atoms in total. The molecule has 2 heterocycles. The molecule has 0 aromatic carbocycles. The van der Waals surface area contributed by atoms with Crippen molar-refractivity contribution in [3.05, 3.63) is 42.1 Å². The predicted molar refractivity (Wildman–Crippen MR) is 54.9 cm³/mol. The summed E-state index contributed by atoms with van der Waals surface area (Å²) in [4.78, 5) is 11.2. The van der Waals surface area contributed by atoms with E-state index in [2.05, 4.69) is 20.3 Å². The van der Waals surface area contributed by atoms with E-state index in [0.717, 1.165) is 23.8 Å². The molecule has 0 aliphatic rings. The van der Waals surface area contributed by atoms with Crippen LogP contribution in [-0.4, -0.2) is 15.0 Å². The number of aromatic amines is 1. The van der Waals surface area contributed by atoms with Crippen LogP contribution in [0.2, 0.25) is 0 Å². The zero-order valence-electron chi connectivity index (χ0n) is 7.99. The number of rotatable bonds is 3. The molecule has 4 heteroatoms. The van der Waals surface area contributed by atoms with Crippen LogP contribution in [0.4, 0.5) is 5.82 Å². The van der Waals surface area contributed by atoms with E-state index < -0.39 is 0 Å². The van der Waals surface area contributed by atoms with E-state index >= 15 is 0 Å². The van der Waals surface area contributed by atoms with Gasteiger partial charge in [-0.2, -0.15) is 0 Å². The van der Waals surface area contributed by atoms with Gasteiger partial charge in [-0.1, -0.05) is 0 Å². The molecule has 0 saturated heterocycles. The molecule has 14 heavy (non-hydrogen) atoms. The van der Waals surface area contributed by atoms with Crippen LogP contribution in [0.25, 0.3) is 0 Å². The van der Waals surface area contributed by atoms with Crippen LogP contribution >= 0.6 is 0 Å². The number of hydrogen-bond donors (Lipinski definition) is 2. The molecule has 0 aliphatic carbocycles. The lowest BCUT2D eigenvalue weighted by Crippen LogP contribution is -2.02. The van der Waals surface area contributed by atoms with Gasteiger partial charge < -0.3 is 10.3 Å². The summed E-state index contributed by atoms with van der Waals surface area (Å²) in [5, 5.41) is 3.21. The van der Waals surface area contributed by atoms with Gasteiger partial charge in [0.05, 0.1) is 6.54 Å². The number of aryl methyl sites for hydroxylation is 1. The second-order valence-electron chi connectivity index (χ2n) is 3.09. The number of aromatic nitrogens is 3. The Hall–Kier alpha value is -1.84. The number of H-pyrrole nitrogens is 1. The first-order valence-electron chi connectivity index (χ1n) is 4.49. The van der Waals surface area contributed by atoms with Crippen LogP contribution in [0.3, 0.4) is 0 Å². The van der Waals surface area contributed by atoms with Crippen LogP contribution in [0.5, 0.6) is 0 Å². The Labute approximate surface area is 82.4 Å². The molecule has 2 rings (SSSR count). The van der Waals surface area contributed by atoms with Gasteiger partial charge in [-0.3, -0.25) is 0 Å². The van der Waals surface area contributed by atoms with Crippen molar-refractivity contribution in [2.75, 3.05) is 5.32 Å². The lowest BCUT2D eigenvalue weighted by atomic mass is 10.4. The Kier molecular flexibility index (Phi) is 2.44. The summed E-state index contributed by atoms with van der Waals surface area (Å²) in [5.41, 5.74) is 2.11. The van der Waals surface area contributed by atoms with Gasteiger partial charge in [0, 0.05) is 23.7 Å². The number of nitrogens with one attached hydrogen (secondary N) is 2. The van der Waals surface area contributed by atoms with Crippen molar-refractivity contribution in [1.29, 1.82) is 0 Å². The lowest BCUT2D eigenvalue weighted by Gasteiger charge is -2.03. The van der Waals surface area contributed by atoms with Crippen LogP contribution in [-0.2, 0) is 6.54 Å². The molecule has 0 saturated carbocycles. The van der Waals surface area contributed by atoms with Crippen molar-refractivity contribution in [1.82, 2.24) is 15.0 Å². The molecule has 0 amide bonds. The van der Waals surface area contributed by atoms with Crippen molar-refractivity contribution in [3.8, 4) is 0 Å². The first-order valence-corrected chi connectivity index (χ1v) is 4.49. The lowest BCUT2D eigenvalue weighted by molar-refractivity contribution is 1.03. The molecule has 2 N–H and O–H groups in total. The minimum absolute atomic E-state index is 0.753. The monoisotopic (exact) mass is 188 g/mol. The van der Waals surface area contributed by atoms with Crippen LogP contribution in [0, 0.1) is 6.92 Å². The van der Waals surface area contributed by atoms with Crippen LogP contribution < -0.4 is 5.32 Å². The Bertz CT molecular complexity index is 394. The molecule has 0 spiro atoms. The molecule has 0 aliphatic heterocycles. The largest absolute Gasteiger partial charge is 0.364 e.